The molecule has 0 aliphatic rings. The van der Waals surface area contributed by atoms with E-state index >= 15 is 0 Å². The number of carbonyl (C=O) groups excluding carboxylic acids is 1. The zero-order valence-corrected chi connectivity index (χ0v) is 18.7. The van der Waals surface area contributed by atoms with Gasteiger partial charge in [0.15, 0.2) is 0 Å². The number of pyridine rings is 1. The van der Waals surface area contributed by atoms with Crippen LogP contribution in [-0.4, -0.2) is 29.7 Å². The Kier molecular flexibility index (Phi) is 8.41. The Morgan fingerprint density at radius 3 is 2.56 bits per heavy atom. The van der Waals surface area contributed by atoms with E-state index in [1.165, 1.54) is 0 Å². The number of nitrogens with two attached hydrogens (primary N) is 1. The van der Waals surface area contributed by atoms with Crippen molar-refractivity contribution in [2.45, 2.75) is 45.8 Å². The van der Waals surface area contributed by atoms with Crippen molar-refractivity contribution in [1.82, 2.24) is 9.88 Å². The molecule has 0 radical (unpaired) electrons. The minimum atomic E-state index is -0.464. The van der Waals surface area contributed by atoms with E-state index in [-0.39, 0.29) is 12.1 Å². The highest BCUT2D eigenvalue weighted by molar-refractivity contribution is 5.81. The summed E-state index contributed by atoms with van der Waals surface area (Å²) in [5.41, 5.74) is 6.71. The molecule has 0 aliphatic carbocycles. The molecule has 7 nitrogen and oxygen atoms in total. The highest BCUT2D eigenvalue weighted by Gasteiger charge is 2.16. The highest BCUT2D eigenvalue weighted by Crippen LogP contribution is 2.25. The van der Waals surface area contributed by atoms with Crippen LogP contribution in [0.15, 0.2) is 59.4 Å². The van der Waals surface area contributed by atoms with Gasteiger partial charge in [-0.05, 0) is 49.1 Å². The molecule has 0 spiro atoms. The molecule has 0 unspecified atom stereocenters. The monoisotopic (exact) mass is 437 g/mol. The first kappa shape index (κ1) is 23.5. The molecule has 1 heterocycles. The molecule has 170 valence electrons. The Hall–Kier alpha value is -3.16. The minimum Gasteiger partial charge on any atom is -0.457 e. The first-order valence-electron chi connectivity index (χ1n) is 11.0. The van der Waals surface area contributed by atoms with E-state index in [9.17, 15) is 9.59 Å². The maximum absolute atomic E-state index is 13.3. The molecule has 3 rings (SSSR count). The van der Waals surface area contributed by atoms with Gasteiger partial charge < -0.3 is 25.1 Å². The van der Waals surface area contributed by atoms with Crippen LogP contribution in [0, 0.1) is 0 Å². The Bertz CT molecular complexity index is 1100. The van der Waals surface area contributed by atoms with Gasteiger partial charge in [-0.3, -0.25) is 9.59 Å². The summed E-state index contributed by atoms with van der Waals surface area (Å²) in [6, 6.07) is 16.6. The van der Waals surface area contributed by atoms with E-state index in [0.717, 1.165) is 23.1 Å². The van der Waals surface area contributed by atoms with Gasteiger partial charge in [0.1, 0.15) is 11.5 Å². The number of amides is 1. The molecule has 3 N–H and O–H groups in total. The Morgan fingerprint density at radius 1 is 1.09 bits per heavy atom. The molecular formula is C25H31N3O4. The second-order valence-corrected chi connectivity index (χ2v) is 7.58. The van der Waals surface area contributed by atoms with Gasteiger partial charge in [-0.15, -0.1) is 0 Å². The van der Waals surface area contributed by atoms with Crippen molar-refractivity contribution >= 4 is 16.8 Å². The second-order valence-electron chi connectivity index (χ2n) is 7.58. The Balaban J connectivity index is 1.95. The average molecular weight is 438 g/mol. The summed E-state index contributed by atoms with van der Waals surface area (Å²) in [5, 5.41) is 4.04. The molecule has 32 heavy (non-hydrogen) atoms. The number of benzene rings is 2. The van der Waals surface area contributed by atoms with Crippen LogP contribution in [0.1, 0.15) is 32.3 Å². The van der Waals surface area contributed by atoms with Gasteiger partial charge >= 0.3 is 0 Å². The number of nitrogens with one attached hydrogen (secondary N) is 1. The fourth-order valence-corrected chi connectivity index (χ4v) is 3.62. The van der Waals surface area contributed by atoms with Crippen LogP contribution in [0.4, 0.5) is 0 Å². The minimum absolute atomic E-state index is 0.124. The molecule has 7 heteroatoms. The topological polar surface area (TPSA) is 95.6 Å². The van der Waals surface area contributed by atoms with Crippen molar-refractivity contribution in [3.8, 4) is 11.5 Å². The van der Waals surface area contributed by atoms with Crippen LogP contribution in [0.3, 0.4) is 0 Å². The molecule has 3 aromatic rings. The van der Waals surface area contributed by atoms with E-state index in [1.807, 2.05) is 68.4 Å². The third-order valence-electron chi connectivity index (χ3n) is 5.24. The lowest BCUT2D eigenvalue weighted by Crippen LogP contribution is -2.42. The van der Waals surface area contributed by atoms with Crippen molar-refractivity contribution in [3.05, 3.63) is 70.5 Å². The quantitative estimate of drug-likeness (QED) is 0.422. The fourth-order valence-electron chi connectivity index (χ4n) is 3.62. The van der Waals surface area contributed by atoms with E-state index in [1.54, 1.807) is 4.57 Å². The van der Waals surface area contributed by atoms with Gasteiger partial charge in [-0.2, -0.15) is 0 Å². The lowest BCUT2D eigenvalue weighted by Gasteiger charge is -2.17. The predicted molar refractivity (Wildman–Crippen MR) is 126 cm³/mol. The molecule has 1 amide bonds. The third kappa shape index (κ3) is 5.96. The van der Waals surface area contributed by atoms with Crippen LogP contribution in [0.2, 0.25) is 0 Å². The first-order chi connectivity index (χ1) is 15.5. The summed E-state index contributed by atoms with van der Waals surface area (Å²) in [6.07, 6.45) is 1.45. The van der Waals surface area contributed by atoms with Gasteiger partial charge in [-0.1, -0.05) is 31.5 Å². The zero-order valence-electron chi connectivity index (χ0n) is 18.7. The van der Waals surface area contributed by atoms with Crippen molar-refractivity contribution < 1.29 is 14.3 Å². The summed E-state index contributed by atoms with van der Waals surface area (Å²) < 4.78 is 13.2. The number of carbonyl (C=O) groups is 1. The van der Waals surface area contributed by atoms with Crippen LogP contribution < -0.4 is 21.3 Å². The van der Waals surface area contributed by atoms with Crippen LogP contribution >= 0.6 is 0 Å². The predicted octanol–water partition coefficient (Wildman–Crippen LogP) is 3.57. The van der Waals surface area contributed by atoms with Crippen molar-refractivity contribution in [1.29, 1.82) is 0 Å². The van der Waals surface area contributed by atoms with Crippen molar-refractivity contribution in [2.75, 3.05) is 13.2 Å². The fraction of sp³-hybridized carbons (Fsp3) is 0.360. The average Bonchev–Trinajstić information content (AvgIpc) is 2.79. The van der Waals surface area contributed by atoms with Crippen LogP contribution in [-0.2, 0) is 22.6 Å². The summed E-state index contributed by atoms with van der Waals surface area (Å²) in [6.45, 7) is 5.59. The molecule has 2 aromatic carbocycles. The third-order valence-corrected chi connectivity index (χ3v) is 5.24. The lowest BCUT2D eigenvalue weighted by molar-refractivity contribution is -0.120. The Labute approximate surface area is 188 Å². The number of aromatic nitrogens is 1. The number of para-hydroxylation sites is 1. The van der Waals surface area contributed by atoms with E-state index in [2.05, 4.69) is 5.32 Å². The molecule has 1 atom stereocenters. The zero-order chi connectivity index (χ0) is 22.9. The first-order valence-corrected chi connectivity index (χ1v) is 11.0. The number of primary amides is 1. The normalized spacial score (nSPS) is 12.1. The molecular weight excluding hydrogens is 406 g/mol. The number of fused-ring (bicyclic) bond motifs is 1. The largest absolute Gasteiger partial charge is 0.457 e. The second kappa shape index (κ2) is 11.5. The molecule has 1 aromatic heterocycles. The smallest absolute Gasteiger partial charge is 0.255 e. The number of hydrogen-bond acceptors (Lipinski definition) is 5. The summed E-state index contributed by atoms with van der Waals surface area (Å²) in [5.74, 6) is 0.965. The molecule has 0 fully saturated rings. The number of hydrogen-bond donors (Lipinski definition) is 2. The van der Waals surface area contributed by atoms with Gasteiger partial charge in [0.05, 0.1) is 18.2 Å². The SMILES string of the molecule is CCC[C@H](NCc1cc2ccc(Oc3ccccc3)cc2n(CCOCC)c1=O)C(N)=O. The molecule has 0 saturated carbocycles. The van der Waals surface area contributed by atoms with Gasteiger partial charge in [0, 0.05) is 31.3 Å². The summed E-state index contributed by atoms with van der Waals surface area (Å²) in [7, 11) is 0. The number of nitrogens with zero attached hydrogens (tertiary/aromatic N) is 1. The van der Waals surface area contributed by atoms with Gasteiger partial charge in [0.2, 0.25) is 5.91 Å². The van der Waals surface area contributed by atoms with Gasteiger partial charge in [0.25, 0.3) is 5.56 Å². The highest BCUT2D eigenvalue weighted by atomic mass is 16.5. The maximum atomic E-state index is 13.3. The van der Waals surface area contributed by atoms with E-state index in [4.69, 9.17) is 15.2 Å². The molecule has 0 saturated heterocycles. The van der Waals surface area contributed by atoms with Gasteiger partial charge in [-0.25, -0.2) is 0 Å². The summed E-state index contributed by atoms with van der Waals surface area (Å²) >= 11 is 0. The van der Waals surface area contributed by atoms with Crippen LogP contribution in [0.25, 0.3) is 10.9 Å². The standard InChI is InChI=1S/C25H31N3O4/c1-3-8-22(24(26)29)27-17-19-15-18-11-12-21(32-20-9-6-5-7-10-20)16-23(18)28(25(19)30)13-14-31-4-2/h5-7,9-12,15-16,22,27H,3-4,8,13-14,17H2,1-2H3,(H2,26,29)/t22-/m0/s1. The lowest BCUT2D eigenvalue weighted by atomic mass is 10.1. The van der Waals surface area contributed by atoms with Crippen molar-refractivity contribution in [3.63, 3.8) is 0 Å². The van der Waals surface area contributed by atoms with E-state index in [0.29, 0.717) is 37.5 Å². The maximum Gasteiger partial charge on any atom is 0.255 e. The number of ether oxygens (including phenoxy) is 2. The number of rotatable bonds is 12. The van der Waals surface area contributed by atoms with Crippen molar-refractivity contribution in [2.24, 2.45) is 5.73 Å². The molecule has 0 aliphatic heterocycles. The van der Waals surface area contributed by atoms with Crippen LogP contribution in [0.5, 0.6) is 11.5 Å². The Morgan fingerprint density at radius 2 is 1.88 bits per heavy atom. The van der Waals surface area contributed by atoms with E-state index < -0.39 is 11.9 Å². The summed E-state index contributed by atoms with van der Waals surface area (Å²) in [4.78, 5) is 25.0. The molecule has 0 bridgehead atoms.